The smallest absolute Gasteiger partial charge is 0.163 e. The highest BCUT2D eigenvalue weighted by atomic mass is 16.8. The monoisotopic (exact) mass is 202 g/mol. The van der Waals surface area contributed by atoms with Gasteiger partial charge in [0, 0.05) is 12.5 Å². The summed E-state index contributed by atoms with van der Waals surface area (Å²) in [6.07, 6.45) is 0.0992. The molecule has 0 aliphatic carbocycles. The van der Waals surface area contributed by atoms with E-state index in [4.69, 9.17) is 14.6 Å². The molecule has 0 amide bonds. The molecule has 14 heavy (non-hydrogen) atoms. The maximum absolute atomic E-state index is 9.13. The predicted molar refractivity (Wildman–Crippen MR) is 54.9 cm³/mol. The van der Waals surface area contributed by atoms with Crippen molar-refractivity contribution in [3.05, 3.63) is 0 Å². The van der Waals surface area contributed by atoms with E-state index >= 15 is 0 Å². The van der Waals surface area contributed by atoms with Crippen molar-refractivity contribution in [1.82, 2.24) is 0 Å². The molecule has 1 heterocycles. The lowest BCUT2D eigenvalue weighted by molar-refractivity contribution is -0.153. The quantitative estimate of drug-likeness (QED) is 0.758. The number of aliphatic hydroxyl groups excluding tert-OH is 1. The van der Waals surface area contributed by atoms with Gasteiger partial charge in [-0.1, -0.05) is 20.8 Å². The molecule has 0 spiro atoms. The van der Waals surface area contributed by atoms with Crippen LogP contribution in [0.3, 0.4) is 0 Å². The van der Waals surface area contributed by atoms with Crippen molar-refractivity contribution in [3.8, 4) is 0 Å². The first kappa shape index (κ1) is 12.0. The topological polar surface area (TPSA) is 38.7 Å². The first-order valence-corrected chi connectivity index (χ1v) is 5.34. The number of hydrogen-bond acceptors (Lipinski definition) is 3. The second kappa shape index (κ2) is 4.17. The Morgan fingerprint density at radius 1 is 1.14 bits per heavy atom. The zero-order valence-corrected chi connectivity index (χ0v) is 9.78. The van der Waals surface area contributed by atoms with Crippen molar-refractivity contribution in [2.24, 2.45) is 11.8 Å². The van der Waals surface area contributed by atoms with Crippen molar-refractivity contribution in [2.75, 3.05) is 6.61 Å². The summed E-state index contributed by atoms with van der Waals surface area (Å²) in [5.41, 5.74) is 0. The summed E-state index contributed by atoms with van der Waals surface area (Å²) >= 11 is 0. The van der Waals surface area contributed by atoms with E-state index in [9.17, 15) is 0 Å². The summed E-state index contributed by atoms with van der Waals surface area (Å²) < 4.78 is 11.6. The first-order valence-electron chi connectivity index (χ1n) is 5.34. The maximum Gasteiger partial charge on any atom is 0.163 e. The largest absolute Gasteiger partial charge is 0.396 e. The molecule has 1 N–H and O–H groups in total. The van der Waals surface area contributed by atoms with E-state index in [2.05, 4.69) is 13.8 Å². The van der Waals surface area contributed by atoms with Crippen LogP contribution in [0, 0.1) is 11.8 Å². The van der Waals surface area contributed by atoms with Crippen molar-refractivity contribution < 1.29 is 14.6 Å². The molecule has 1 rings (SSSR count). The van der Waals surface area contributed by atoms with Gasteiger partial charge in [0.2, 0.25) is 0 Å². The van der Waals surface area contributed by atoms with Gasteiger partial charge in [-0.15, -0.1) is 0 Å². The molecule has 3 atom stereocenters. The van der Waals surface area contributed by atoms with E-state index in [1.54, 1.807) is 0 Å². The lowest BCUT2D eigenvalue weighted by atomic mass is 9.93. The van der Waals surface area contributed by atoms with Crippen LogP contribution in [0.4, 0.5) is 0 Å². The fourth-order valence-corrected chi connectivity index (χ4v) is 1.88. The van der Waals surface area contributed by atoms with E-state index < -0.39 is 5.79 Å². The van der Waals surface area contributed by atoms with Gasteiger partial charge >= 0.3 is 0 Å². The summed E-state index contributed by atoms with van der Waals surface area (Å²) in [6, 6.07) is 0. The predicted octanol–water partition coefficient (Wildman–Crippen LogP) is 1.79. The normalized spacial score (nSPS) is 33.6. The van der Waals surface area contributed by atoms with Gasteiger partial charge in [0.25, 0.3) is 0 Å². The third kappa shape index (κ3) is 2.47. The number of ether oxygens (including phenoxy) is 2. The number of aliphatic hydroxyl groups is 1. The molecule has 3 nitrogen and oxygen atoms in total. The summed E-state index contributed by atoms with van der Waals surface area (Å²) in [7, 11) is 0. The highest BCUT2D eigenvalue weighted by Crippen LogP contribution is 2.35. The first-order chi connectivity index (χ1) is 6.37. The summed E-state index contributed by atoms with van der Waals surface area (Å²) in [5, 5.41) is 9.13. The van der Waals surface area contributed by atoms with Gasteiger partial charge in [-0.2, -0.15) is 0 Å². The van der Waals surface area contributed by atoms with Crippen LogP contribution in [-0.2, 0) is 9.47 Å². The van der Waals surface area contributed by atoms with E-state index in [1.807, 2.05) is 20.8 Å². The van der Waals surface area contributed by atoms with E-state index in [-0.39, 0.29) is 24.7 Å². The van der Waals surface area contributed by atoms with Crippen molar-refractivity contribution >= 4 is 0 Å². The molecular formula is C11H22O3. The highest BCUT2D eigenvalue weighted by Gasteiger charge is 2.44. The summed E-state index contributed by atoms with van der Waals surface area (Å²) in [4.78, 5) is 0. The van der Waals surface area contributed by atoms with Gasteiger partial charge in [0.05, 0.1) is 12.2 Å². The molecular weight excluding hydrogens is 180 g/mol. The van der Waals surface area contributed by atoms with Crippen LogP contribution in [0.1, 0.15) is 34.6 Å². The van der Waals surface area contributed by atoms with Crippen LogP contribution in [0.25, 0.3) is 0 Å². The van der Waals surface area contributed by atoms with E-state index in [0.29, 0.717) is 5.92 Å². The standard InChI is InChI=1S/C11H22O3/c1-7(2)9-10(8(3)6-12)14-11(4,5)13-9/h7-10,12H,6H2,1-5H3/t8-,9?,10?/m1/s1. The SMILES string of the molecule is CC(C)C1OC(C)(C)OC1[C@H](C)CO. The van der Waals surface area contributed by atoms with Gasteiger partial charge in [-0.3, -0.25) is 0 Å². The molecule has 3 heteroatoms. The average molecular weight is 202 g/mol. The zero-order chi connectivity index (χ0) is 10.9. The third-order valence-corrected chi connectivity index (χ3v) is 2.67. The Morgan fingerprint density at radius 2 is 1.64 bits per heavy atom. The van der Waals surface area contributed by atoms with Crippen molar-refractivity contribution in [1.29, 1.82) is 0 Å². The fourth-order valence-electron chi connectivity index (χ4n) is 1.88. The average Bonchev–Trinajstić information content (AvgIpc) is 2.40. The molecule has 2 unspecified atom stereocenters. The minimum atomic E-state index is -0.511. The molecule has 0 bridgehead atoms. The van der Waals surface area contributed by atoms with Gasteiger partial charge in [0.1, 0.15) is 0 Å². The number of rotatable bonds is 3. The van der Waals surface area contributed by atoms with Gasteiger partial charge in [-0.05, 0) is 19.8 Å². The molecule has 0 aromatic rings. The number of hydrogen-bond donors (Lipinski definition) is 1. The Kier molecular flexibility index (Phi) is 3.56. The minimum absolute atomic E-state index is 0.00926. The lowest BCUT2D eigenvalue weighted by Crippen LogP contribution is -2.34. The Hall–Kier alpha value is -0.120. The third-order valence-electron chi connectivity index (χ3n) is 2.67. The Bertz CT molecular complexity index is 189. The molecule has 1 saturated heterocycles. The maximum atomic E-state index is 9.13. The molecule has 0 radical (unpaired) electrons. The second-order valence-corrected chi connectivity index (χ2v) is 4.97. The van der Waals surface area contributed by atoms with Crippen LogP contribution < -0.4 is 0 Å². The van der Waals surface area contributed by atoms with Crippen LogP contribution in [-0.4, -0.2) is 29.7 Å². The highest BCUT2D eigenvalue weighted by molar-refractivity contribution is 4.86. The van der Waals surface area contributed by atoms with Gasteiger partial charge in [0.15, 0.2) is 5.79 Å². The van der Waals surface area contributed by atoms with Gasteiger partial charge in [-0.25, -0.2) is 0 Å². The second-order valence-electron chi connectivity index (χ2n) is 4.97. The molecule has 0 saturated carbocycles. The lowest BCUT2D eigenvalue weighted by Gasteiger charge is -2.24. The van der Waals surface area contributed by atoms with E-state index in [0.717, 1.165) is 0 Å². The molecule has 1 fully saturated rings. The summed E-state index contributed by atoms with van der Waals surface area (Å²) in [5.74, 6) is 0.0307. The van der Waals surface area contributed by atoms with Crippen LogP contribution in [0.15, 0.2) is 0 Å². The van der Waals surface area contributed by atoms with Crippen molar-refractivity contribution in [2.45, 2.75) is 52.6 Å². The van der Waals surface area contributed by atoms with E-state index in [1.165, 1.54) is 0 Å². The fraction of sp³-hybridized carbons (Fsp3) is 1.00. The molecule has 0 aromatic carbocycles. The Morgan fingerprint density at radius 3 is 2.07 bits per heavy atom. The summed E-state index contributed by atoms with van der Waals surface area (Å²) in [6.45, 7) is 10.2. The van der Waals surface area contributed by atoms with Crippen LogP contribution in [0.5, 0.6) is 0 Å². The molecule has 1 aliphatic rings. The van der Waals surface area contributed by atoms with Gasteiger partial charge < -0.3 is 14.6 Å². The molecule has 84 valence electrons. The Labute approximate surface area is 86.4 Å². The van der Waals surface area contributed by atoms with Crippen LogP contribution in [0.2, 0.25) is 0 Å². The molecule has 1 aliphatic heterocycles. The molecule has 0 aromatic heterocycles. The van der Waals surface area contributed by atoms with Crippen molar-refractivity contribution in [3.63, 3.8) is 0 Å². The Balaban J connectivity index is 2.72. The minimum Gasteiger partial charge on any atom is -0.396 e. The van der Waals surface area contributed by atoms with Crippen LogP contribution >= 0.6 is 0 Å². The zero-order valence-electron chi connectivity index (χ0n) is 9.78.